The van der Waals surface area contributed by atoms with Crippen molar-refractivity contribution in [3.63, 3.8) is 0 Å². The van der Waals surface area contributed by atoms with E-state index >= 15 is 0 Å². The molecule has 0 fully saturated rings. The van der Waals surface area contributed by atoms with Gasteiger partial charge in [0.25, 0.3) is 0 Å². The molecule has 0 aromatic heterocycles. The Balaban J connectivity index is 2.82. The van der Waals surface area contributed by atoms with Crippen molar-refractivity contribution in [3.8, 4) is 0 Å². The summed E-state index contributed by atoms with van der Waals surface area (Å²) in [5.74, 6) is 0. The highest BCUT2D eigenvalue weighted by atomic mass is 79.9. The molecule has 0 spiro atoms. The van der Waals surface area contributed by atoms with E-state index in [4.69, 9.17) is 4.89 Å². The molecule has 1 N–H and O–H groups in total. The predicted molar refractivity (Wildman–Crippen MR) is 29.6 cm³/mol. The molecule has 0 aliphatic rings. The molecule has 0 aromatic rings. The lowest BCUT2D eigenvalue weighted by Crippen LogP contribution is -1.83. The average molecular weight is 188 g/mol. The van der Waals surface area contributed by atoms with Gasteiger partial charge in [0, 0.05) is 9.90 Å². The molecule has 1 unspecified atom stereocenters. The lowest BCUT2D eigenvalue weighted by molar-refractivity contribution is 0.301. The zero-order valence-electron chi connectivity index (χ0n) is 3.50. The van der Waals surface area contributed by atoms with Crippen LogP contribution in [0.3, 0.4) is 0 Å². The maximum absolute atomic E-state index is 9.66. The number of hydrogen-bond donors (Lipinski definition) is 1. The molecule has 3 nitrogen and oxygen atoms in total. The van der Waals surface area contributed by atoms with E-state index < -0.39 is 8.25 Å². The number of rotatable bonds is 3. The first kappa shape index (κ1) is 7.50. The van der Waals surface area contributed by atoms with Crippen molar-refractivity contribution in [1.29, 1.82) is 0 Å². The molecular formula is C2H5BrO3P+. The monoisotopic (exact) mass is 187 g/mol. The van der Waals surface area contributed by atoms with Gasteiger partial charge >= 0.3 is 8.25 Å². The fourth-order valence-corrected chi connectivity index (χ4v) is 0.772. The first-order valence-electron chi connectivity index (χ1n) is 1.62. The lowest BCUT2D eigenvalue weighted by atomic mass is 10.9. The van der Waals surface area contributed by atoms with Gasteiger partial charge < -0.3 is 0 Å². The second kappa shape index (κ2) is 4.65. The molecule has 0 heterocycles. The molecule has 0 bridgehead atoms. The normalized spacial score (nSPS) is 11.4. The van der Waals surface area contributed by atoms with E-state index in [2.05, 4.69) is 20.5 Å². The number of hydrogen-bond acceptors (Lipinski definition) is 2. The molecule has 0 saturated heterocycles. The van der Waals surface area contributed by atoms with Gasteiger partial charge in [-0.15, -0.1) is 9.42 Å². The van der Waals surface area contributed by atoms with Crippen LogP contribution < -0.4 is 0 Å². The third-order valence-corrected chi connectivity index (χ3v) is 1.01. The zero-order valence-corrected chi connectivity index (χ0v) is 5.98. The third-order valence-electron chi connectivity index (χ3n) is 0.279. The number of alkyl halides is 1. The summed E-state index contributed by atoms with van der Waals surface area (Å²) in [7, 11) is -2.39. The highest BCUT2D eigenvalue weighted by Gasteiger charge is 2.08. The van der Waals surface area contributed by atoms with Crippen molar-refractivity contribution in [2.45, 2.75) is 0 Å². The maximum Gasteiger partial charge on any atom is 0.694 e. The van der Waals surface area contributed by atoms with Crippen LogP contribution in [0.5, 0.6) is 0 Å². The Kier molecular flexibility index (Phi) is 4.99. The summed E-state index contributed by atoms with van der Waals surface area (Å²) < 4.78 is 13.9. The standard InChI is InChI=1S/C2H4BrO3P/c3-1-2-6-7(4)5/h1-2H2/p+1. The van der Waals surface area contributed by atoms with Crippen molar-refractivity contribution >= 4 is 24.2 Å². The van der Waals surface area contributed by atoms with Gasteiger partial charge in [0.05, 0.1) is 0 Å². The van der Waals surface area contributed by atoms with Gasteiger partial charge in [-0.1, -0.05) is 15.9 Å². The van der Waals surface area contributed by atoms with Gasteiger partial charge in [-0.3, -0.25) is 0 Å². The van der Waals surface area contributed by atoms with Crippen LogP contribution in [0, 0.1) is 0 Å². The van der Waals surface area contributed by atoms with E-state index in [1.807, 2.05) is 0 Å². The molecule has 7 heavy (non-hydrogen) atoms. The van der Waals surface area contributed by atoms with Crippen LogP contribution in [-0.2, 0) is 9.09 Å². The summed E-state index contributed by atoms with van der Waals surface area (Å²) >= 11 is 3.01. The summed E-state index contributed by atoms with van der Waals surface area (Å²) in [6.45, 7) is 0.283. The minimum Gasteiger partial charge on any atom is -0.133 e. The van der Waals surface area contributed by atoms with Crippen LogP contribution in [0.4, 0.5) is 0 Å². The van der Waals surface area contributed by atoms with Crippen molar-refractivity contribution in [2.24, 2.45) is 0 Å². The molecule has 1 atom stereocenters. The van der Waals surface area contributed by atoms with Gasteiger partial charge in [-0.25, -0.2) is 0 Å². The molecule has 0 aromatic carbocycles. The highest BCUT2D eigenvalue weighted by Crippen LogP contribution is 2.13. The van der Waals surface area contributed by atoms with Crippen LogP contribution in [0.1, 0.15) is 0 Å². The summed E-state index contributed by atoms with van der Waals surface area (Å²) in [5.41, 5.74) is 0. The lowest BCUT2D eigenvalue weighted by Gasteiger charge is -1.75. The molecule has 0 saturated carbocycles. The molecular weight excluding hydrogens is 183 g/mol. The summed E-state index contributed by atoms with van der Waals surface area (Å²) in [6.07, 6.45) is 0. The topological polar surface area (TPSA) is 46.5 Å². The molecule has 5 heteroatoms. The Bertz CT molecular complexity index is 66.0. The van der Waals surface area contributed by atoms with E-state index in [1.54, 1.807) is 0 Å². The fraction of sp³-hybridized carbons (Fsp3) is 1.00. The Morgan fingerprint density at radius 1 is 1.86 bits per heavy atom. The maximum atomic E-state index is 9.66. The third kappa shape index (κ3) is 6.50. The largest absolute Gasteiger partial charge is 0.694 e. The van der Waals surface area contributed by atoms with Gasteiger partial charge in [0.1, 0.15) is 6.61 Å². The molecule has 0 aliphatic carbocycles. The fourth-order valence-electron chi connectivity index (χ4n) is 0.113. The van der Waals surface area contributed by atoms with E-state index in [0.29, 0.717) is 5.33 Å². The van der Waals surface area contributed by atoms with Crippen molar-refractivity contribution in [1.82, 2.24) is 0 Å². The van der Waals surface area contributed by atoms with Crippen molar-refractivity contribution in [3.05, 3.63) is 0 Å². The minimum absolute atomic E-state index is 0.283. The SMILES string of the molecule is O=[P+](O)OCCBr. The highest BCUT2D eigenvalue weighted by molar-refractivity contribution is 9.09. The van der Waals surface area contributed by atoms with Gasteiger partial charge in [-0.2, -0.15) is 0 Å². The van der Waals surface area contributed by atoms with Gasteiger partial charge in [-0.05, 0) is 0 Å². The van der Waals surface area contributed by atoms with E-state index in [0.717, 1.165) is 0 Å². The average Bonchev–Trinajstić information content (AvgIpc) is 1.61. The zero-order chi connectivity index (χ0) is 5.70. The first-order chi connectivity index (χ1) is 3.27. The quantitative estimate of drug-likeness (QED) is 0.531. The van der Waals surface area contributed by atoms with Crippen molar-refractivity contribution in [2.75, 3.05) is 11.9 Å². The van der Waals surface area contributed by atoms with Gasteiger partial charge in [0.15, 0.2) is 0 Å². The number of halogens is 1. The van der Waals surface area contributed by atoms with E-state index in [9.17, 15) is 4.57 Å². The minimum atomic E-state index is -2.39. The molecule has 0 rings (SSSR count). The summed E-state index contributed by atoms with van der Waals surface area (Å²) in [4.78, 5) is 7.95. The molecule has 42 valence electrons. The Morgan fingerprint density at radius 2 is 2.43 bits per heavy atom. The van der Waals surface area contributed by atoms with Crippen LogP contribution in [0.25, 0.3) is 0 Å². The van der Waals surface area contributed by atoms with Crippen LogP contribution >= 0.6 is 24.2 Å². The first-order valence-corrected chi connectivity index (χ1v) is 3.87. The second-order valence-corrected chi connectivity index (χ2v) is 2.29. The second-order valence-electron chi connectivity index (χ2n) is 0.760. The van der Waals surface area contributed by atoms with Crippen LogP contribution in [-0.4, -0.2) is 16.8 Å². The van der Waals surface area contributed by atoms with Crippen LogP contribution in [0.15, 0.2) is 0 Å². The van der Waals surface area contributed by atoms with Crippen LogP contribution in [0.2, 0.25) is 0 Å². The van der Waals surface area contributed by atoms with E-state index in [1.165, 1.54) is 0 Å². The molecule has 0 radical (unpaired) electrons. The summed E-state index contributed by atoms with van der Waals surface area (Å²) in [5, 5.41) is 0.592. The predicted octanol–water partition coefficient (Wildman–Crippen LogP) is 1.05. The Labute approximate surface area is 50.8 Å². The van der Waals surface area contributed by atoms with Gasteiger partial charge in [0.2, 0.25) is 0 Å². The smallest absolute Gasteiger partial charge is 0.133 e. The van der Waals surface area contributed by atoms with Crippen molar-refractivity contribution < 1.29 is 14.0 Å². The van der Waals surface area contributed by atoms with E-state index in [-0.39, 0.29) is 6.61 Å². The molecule has 0 amide bonds. The molecule has 0 aliphatic heterocycles. The Morgan fingerprint density at radius 3 is 2.57 bits per heavy atom. The Hall–Kier alpha value is 0.500. The summed E-state index contributed by atoms with van der Waals surface area (Å²) in [6, 6.07) is 0.